The van der Waals surface area contributed by atoms with Crippen LogP contribution < -0.4 is 5.32 Å². The molecule has 0 aromatic heterocycles. The van der Waals surface area contributed by atoms with Crippen molar-refractivity contribution in [2.45, 2.75) is 45.3 Å². The number of benzene rings is 1. The summed E-state index contributed by atoms with van der Waals surface area (Å²) in [5, 5.41) is 13.4. The van der Waals surface area contributed by atoms with Crippen LogP contribution in [0.3, 0.4) is 0 Å². The molecule has 0 aliphatic heterocycles. The lowest BCUT2D eigenvalue weighted by molar-refractivity contribution is -0.238. The van der Waals surface area contributed by atoms with Crippen molar-refractivity contribution < 1.29 is 19.0 Å². The molecule has 1 aliphatic rings. The molecule has 0 radical (unpaired) electrons. The Balaban J connectivity index is 1.86. The highest BCUT2D eigenvalue weighted by Crippen LogP contribution is 2.50. The summed E-state index contributed by atoms with van der Waals surface area (Å²) in [4.78, 5) is 12.0. The Bertz CT molecular complexity index is 546. The second kappa shape index (κ2) is 6.34. The fourth-order valence-corrected chi connectivity index (χ4v) is 2.90. The minimum Gasteiger partial charge on any atom is -0.387 e. The summed E-state index contributed by atoms with van der Waals surface area (Å²) in [6.07, 6.45) is 0.611. The zero-order valence-corrected chi connectivity index (χ0v) is 13.4. The molecule has 1 amide bonds. The highest BCUT2D eigenvalue weighted by Gasteiger charge is 2.59. The second-order valence-electron chi connectivity index (χ2n) is 6.48. The molecule has 4 nitrogen and oxygen atoms in total. The van der Waals surface area contributed by atoms with E-state index in [0.717, 1.165) is 0 Å². The Morgan fingerprint density at radius 1 is 1.50 bits per heavy atom. The Morgan fingerprint density at radius 3 is 2.82 bits per heavy atom. The lowest BCUT2D eigenvalue weighted by Crippen LogP contribution is -2.68. The lowest BCUT2D eigenvalue weighted by Gasteiger charge is -2.57. The van der Waals surface area contributed by atoms with Crippen LogP contribution in [0.2, 0.25) is 0 Å². The maximum absolute atomic E-state index is 13.1. The second-order valence-corrected chi connectivity index (χ2v) is 6.48. The topological polar surface area (TPSA) is 58.6 Å². The molecule has 0 saturated heterocycles. The van der Waals surface area contributed by atoms with Crippen molar-refractivity contribution in [1.82, 2.24) is 5.32 Å². The van der Waals surface area contributed by atoms with Gasteiger partial charge in [-0.2, -0.15) is 0 Å². The molecule has 2 N–H and O–H groups in total. The minimum atomic E-state index is -0.968. The molecule has 5 heteroatoms. The number of carbonyl (C=O) groups is 1. The maximum atomic E-state index is 13.1. The maximum Gasteiger partial charge on any atom is 0.224 e. The van der Waals surface area contributed by atoms with Crippen LogP contribution >= 0.6 is 0 Å². The van der Waals surface area contributed by atoms with E-state index in [2.05, 4.69) is 5.32 Å². The van der Waals surface area contributed by atoms with Gasteiger partial charge in [0.25, 0.3) is 0 Å². The third-order valence-corrected chi connectivity index (χ3v) is 4.73. The zero-order valence-electron chi connectivity index (χ0n) is 13.4. The van der Waals surface area contributed by atoms with Crippen molar-refractivity contribution in [1.29, 1.82) is 0 Å². The first-order chi connectivity index (χ1) is 10.3. The van der Waals surface area contributed by atoms with E-state index < -0.39 is 11.0 Å². The van der Waals surface area contributed by atoms with E-state index in [9.17, 15) is 14.3 Å². The van der Waals surface area contributed by atoms with Crippen molar-refractivity contribution in [2.75, 3.05) is 13.2 Å². The van der Waals surface area contributed by atoms with Crippen LogP contribution in [-0.4, -0.2) is 35.9 Å². The van der Waals surface area contributed by atoms with Gasteiger partial charge in [-0.3, -0.25) is 4.79 Å². The van der Waals surface area contributed by atoms with Gasteiger partial charge in [0, 0.05) is 25.0 Å². The molecule has 2 unspecified atom stereocenters. The molecule has 1 aromatic rings. The van der Waals surface area contributed by atoms with Gasteiger partial charge in [0.1, 0.15) is 5.82 Å². The number of rotatable bonds is 6. The lowest BCUT2D eigenvalue weighted by atomic mass is 9.56. The highest BCUT2D eigenvalue weighted by atomic mass is 19.1. The Hall–Kier alpha value is -1.46. The normalized spacial score (nSPS) is 26.3. The van der Waals surface area contributed by atoms with Gasteiger partial charge in [-0.1, -0.05) is 26.0 Å². The van der Waals surface area contributed by atoms with Crippen LogP contribution in [0.5, 0.6) is 0 Å². The number of nitrogens with one attached hydrogen (secondary N) is 1. The van der Waals surface area contributed by atoms with E-state index in [1.807, 2.05) is 20.8 Å². The van der Waals surface area contributed by atoms with Crippen molar-refractivity contribution in [3.05, 3.63) is 35.6 Å². The SMILES string of the molecule is CCOC1CC(O)(CNC(=O)Cc2cccc(F)c2)C1(C)C. The van der Waals surface area contributed by atoms with Gasteiger partial charge in [-0.05, 0) is 24.6 Å². The molecule has 2 atom stereocenters. The summed E-state index contributed by atoms with van der Waals surface area (Å²) in [6.45, 7) is 6.59. The molecular weight excluding hydrogens is 285 g/mol. The molecule has 1 aliphatic carbocycles. The Kier molecular flexibility index (Phi) is 4.87. The third-order valence-electron chi connectivity index (χ3n) is 4.73. The van der Waals surface area contributed by atoms with Crippen LogP contribution in [0, 0.1) is 11.2 Å². The fourth-order valence-electron chi connectivity index (χ4n) is 2.90. The first kappa shape index (κ1) is 16.9. The van der Waals surface area contributed by atoms with Gasteiger partial charge >= 0.3 is 0 Å². The van der Waals surface area contributed by atoms with Gasteiger partial charge in [-0.25, -0.2) is 4.39 Å². The van der Waals surface area contributed by atoms with Crippen LogP contribution in [-0.2, 0) is 16.0 Å². The van der Waals surface area contributed by atoms with E-state index in [-0.39, 0.29) is 30.8 Å². The molecule has 1 fully saturated rings. The van der Waals surface area contributed by atoms with Crippen molar-refractivity contribution >= 4 is 5.91 Å². The van der Waals surface area contributed by atoms with Gasteiger partial charge in [0.2, 0.25) is 5.91 Å². The average molecular weight is 309 g/mol. The number of hydrogen-bond donors (Lipinski definition) is 2. The summed E-state index contributed by atoms with van der Waals surface area (Å²) < 4.78 is 18.7. The van der Waals surface area contributed by atoms with Gasteiger partial charge in [0.15, 0.2) is 0 Å². The number of hydrogen-bond acceptors (Lipinski definition) is 3. The number of ether oxygens (including phenoxy) is 1. The monoisotopic (exact) mass is 309 g/mol. The smallest absolute Gasteiger partial charge is 0.224 e. The Labute approximate surface area is 130 Å². The zero-order chi connectivity index (χ0) is 16.4. The molecular formula is C17H24FNO3. The standard InChI is InChI=1S/C17H24FNO3/c1-4-22-14-10-17(21,16(14,2)3)11-19-15(20)9-12-6-5-7-13(18)8-12/h5-8,14,21H,4,9-11H2,1-3H3,(H,19,20). The molecule has 0 bridgehead atoms. The van der Waals surface area contributed by atoms with Gasteiger partial charge in [0.05, 0.1) is 18.1 Å². The van der Waals surface area contributed by atoms with Crippen LogP contribution in [0.25, 0.3) is 0 Å². The van der Waals surface area contributed by atoms with Crippen LogP contribution in [0.4, 0.5) is 4.39 Å². The summed E-state index contributed by atoms with van der Waals surface area (Å²) in [5.74, 6) is -0.585. The molecule has 1 aromatic carbocycles. The number of halogens is 1. The van der Waals surface area contributed by atoms with E-state index in [1.54, 1.807) is 12.1 Å². The van der Waals surface area contributed by atoms with E-state index in [4.69, 9.17) is 4.74 Å². The molecule has 1 saturated carbocycles. The molecule has 122 valence electrons. The predicted octanol–water partition coefficient (Wildman–Crippen LogP) is 2.05. The summed E-state index contributed by atoms with van der Waals surface area (Å²) in [6, 6.07) is 5.96. The van der Waals surface area contributed by atoms with Crippen LogP contribution in [0.1, 0.15) is 32.8 Å². The summed E-state index contributed by atoms with van der Waals surface area (Å²) in [7, 11) is 0. The van der Waals surface area contributed by atoms with Crippen molar-refractivity contribution in [2.24, 2.45) is 5.41 Å². The average Bonchev–Trinajstić information content (AvgIpc) is 2.45. The molecule has 0 heterocycles. The predicted molar refractivity (Wildman–Crippen MR) is 81.9 cm³/mol. The molecule has 22 heavy (non-hydrogen) atoms. The van der Waals surface area contributed by atoms with E-state index in [1.165, 1.54) is 12.1 Å². The largest absolute Gasteiger partial charge is 0.387 e. The highest BCUT2D eigenvalue weighted by molar-refractivity contribution is 5.78. The first-order valence-corrected chi connectivity index (χ1v) is 7.63. The molecule has 2 rings (SSSR count). The van der Waals surface area contributed by atoms with E-state index in [0.29, 0.717) is 18.6 Å². The third kappa shape index (κ3) is 3.31. The van der Waals surface area contributed by atoms with E-state index >= 15 is 0 Å². The minimum absolute atomic E-state index is 0.00243. The number of aliphatic hydroxyl groups is 1. The summed E-state index contributed by atoms with van der Waals surface area (Å²) in [5.41, 5.74) is -0.760. The van der Waals surface area contributed by atoms with Crippen molar-refractivity contribution in [3.8, 4) is 0 Å². The first-order valence-electron chi connectivity index (χ1n) is 7.63. The Morgan fingerprint density at radius 2 is 2.23 bits per heavy atom. The number of carbonyl (C=O) groups excluding carboxylic acids is 1. The van der Waals surface area contributed by atoms with Gasteiger partial charge < -0.3 is 15.2 Å². The quantitative estimate of drug-likeness (QED) is 0.845. The number of amides is 1. The fraction of sp³-hybridized carbons (Fsp3) is 0.588. The summed E-state index contributed by atoms with van der Waals surface area (Å²) >= 11 is 0. The van der Waals surface area contributed by atoms with Crippen LogP contribution in [0.15, 0.2) is 24.3 Å². The van der Waals surface area contributed by atoms with Crippen molar-refractivity contribution in [3.63, 3.8) is 0 Å². The van der Waals surface area contributed by atoms with Gasteiger partial charge in [-0.15, -0.1) is 0 Å². The molecule has 0 spiro atoms.